The van der Waals surface area contributed by atoms with E-state index in [1.165, 1.54) is 12.3 Å². The second-order valence-electron chi connectivity index (χ2n) is 7.87. The van der Waals surface area contributed by atoms with Crippen LogP contribution in [0.15, 0.2) is 67.0 Å². The Kier molecular flexibility index (Phi) is 4.95. The first-order valence-electron chi connectivity index (χ1n) is 10.2. The van der Waals surface area contributed by atoms with Crippen LogP contribution in [0.3, 0.4) is 0 Å². The number of nitrogens with zero attached hydrogens (tertiary/aromatic N) is 3. The summed E-state index contributed by atoms with van der Waals surface area (Å²) in [6, 6.07) is 16.1. The lowest BCUT2D eigenvalue weighted by Gasteiger charge is -2.17. The zero-order valence-corrected chi connectivity index (χ0v) is 16.7. The number of likely N-dealkylation sites (tertiary alicyclic amines) is 1. The number of fused-ring (bicyclic) bond motifs is 1. The Labute approximate surface area is 178 Å². The molecule has 6 nitrogen and oxygen atoms in total. The maximum Gasteiger partial charge on any atom is 0.257 e. The third-order valence-electron chi connectivity index (χ3n) is 5.93. The van der Waals surface area contributed by atoms with Gasteiger partial charge in [0.2, 0.25) is 0 Å². The monoisotopic (exact) mass is 416 g/mol. The first-order chi connectivity index (χ1) is 15.1. The molecule has 1 aliphatic rings. The number of aromatic amines is 1. The van der Waals surface area contributed by atoms with E-state index in [9.17, 15) is 14.3 Å². The van der Waals surface area contributed by atoms with Gasteiger partial charge < -0.3 is 10.0 Å². The van der Waals surface area contributed by atoms with Crippen molar-refractivity contribution in [1.82, 2.24) is 20.1 Å². The highest BCUT2D eigenvalue weighted by atomic mass is 19.1. The van der Waals surface area contributed by atoms with Crippen molar-refractivity contribution in [1.29, 1.82) is 0 Å². The van der Waals surface area contributed by atoms with E-state index in [1.54, 1.807) is 29.3 Å². The number of β-amino-alcohol motifs (C(OH)–C–C–N with tert-alkyl or cyclic N) is 1. The van der Waals surface area contributed by atoms with Crippen LogP contribution in [-0.2, 0) is 6.42 Å². The highest BCUT2D eigenvalue weighted by molar-refractivity contribution is 6.00. The van der Waals surface area contributed by atoms with Crippen LogP contribution >= 0.6 is 0 Å². The Morgan fingerprint density at radius 1 is 1.13 bits per heavy atom. The first kappa shape index (κ1) is 19.4. The Balaban J connectivity index is 1.37. The van der Waals surface area contributed by atoms with E-state index >= 15 is 0 Å². The number of nitrogens with one attached hydrogen (secondary N) is 1. The van der Waals surface area contributed by atoms with Crippen molar-refractivity contribution in [2.24, 2.45) is 5.92 Å². The molecule has 0 aliphatic carbocycles. The summed E-state index contributed by atoms with van der Waals surface area (Å²) in [7, 11) is 0. The number of hydrogen-bond donors (Lipinski definition) is 2. The Morgan fingerprint density at radius 2 is 1.94 bits per heavy atom. The van der Waals surface area contributed by atoms with Crippen LogP contribution in [0.25, 0.3) is 22.2 Å². The van der Waals surface area contributed by atoms with E-state index in [-0.39, 0.29) is 18.4 Å². The maximum atomic E-state index is 14.2. The van der Waals surface area contributed by atoms with Gasteiger partial charge in [-0.2, -0.15) is 5.10 Å². The molecule has 156 valence electrons. The maximum absolute atomic E-state index is 14.2. The van der Waals surface area contributed by atoms with Crippen molar-refractivity contribution in [2.45, 2.75) is 12.5 Å². The number of carbonyl (C=O) groups excluding carboxylic acids is 1. The Morgan fingerprint density at radius 3 is 2.81 bits per heavy atom. The van der Waals surface area contributed by atoms with Crippen molar-refractivity contribution < 1.29 is 14.3 Å². The second kappa shape index (κ2) is 7.92. The van der Waals surface area contributed by atoms with Crippen molar-refractivity contribution >= 4 is 16.8 Å². The summed E-state index contributed by atoms with van der Waals surface area (Å²) in [4.78, 5) is 19.2. The number of amides is 1. The lowest BCUT2D eigenvalue weighted by molar-refractivity contribution is 0.0765. The number of halogens is 1. The summed E-state index contributed by atoms with van der Waals surface area (Å²) in [5.74, 6) is -0.795. The van der Waals surface area contributed by atoms with Crippen molar-refractivity contribution in [3.8, 4) is 11.3 Å². The second-order valence-corrected chi connectivity index (χ2v) is 7.87. The molecular formula is C24H21FN4O2. The molecule has 2 N–H and O–H groups in total. The summed E-state index contributed by atoms with van der Waals surface area (Å²) in [6.45, 7) is 0.646. The highest BCUT2D eigenvalue weighted by Crippen LogP contribution is 2.29. The molecule has 2 aromatic carbocycles. The number of para-hydroxylation sites is 1. The zero-order valence-electron chi connectivity index (χ0n) is 16.7. The average Bonchev–Trinajstić information content (AvgIpc) is 3.41. The number of hydrogen-bond acceptors (Lipinski definition) is 4. The normalized spacial score (nSPS) is 18.6. The average molecular weight is 416 g/mol. The van der Waals surface area contributed by atoms with Gasteiger partial charge in [-0.1, -0.05) is 30.3 Å². The predicted octanol–water partition coefficient (Wildman–Crippen LogP) is 3.44. The fourth-order valence-electron chi connectivity index (χ4n) is 4.32. The topological polar surface area (TPSA) is 82.1 Å². The van der Waals surface area contributed by atoms with E-state index in [1.807, 2.05) is 30.3 Å². The molecule has 1 saturated heterocycles. The van der Waals surface area contributed by atoms with Gasteiger partial charge in [0.25, 0.3) is 5.91 Å². The minimum atomic E-state index is -0.639. The Hall–Kier alpha value is -3.58. The van der Waals surface area contributed by atoms with Crippen molar-refractivity contribution in [2.75, 3.05) is 13.1 Å². The van der Waals surface area contributed by atoms with Crippen molar-refractivity contribution in [3.05, 3.63) is 83.9 Å². The minimum Gasteiger partial charge on any atom is -0.391 e. The SMILES string of the molecule is O=C(c1cn[nH]c1-c1ccccc1F)N1C[C@@H](Cc2ccnc3ccccc23)[C@@H](O)C1. The number of rotatable bonds is 4. The molecule has 0 unspecified atom stereocenters. The fraction of sp³-hybridized carbons (Fsp3) is 0.208. The van der Waals surface area contributed by atoms with Gasteiger partial charge in [0.15, 0.2) is 0 Å². The quantitative estimate of drug-likeness (QED) is 0.534. The van der Waals surface area contributed by atoms with E-state index in [4.69, 9.17) is 0 Å². The molecule has 0 radical (unpaired) electrons. The molecule has 4 aromatic rings. The lowest BCUT2D eigenvalue weighted by atomic mass is 9.94. The number of pyridine rings is 1. The molecule has 1 amide bonds. The number of H-pyrrole nitrogens is 1. The summed E-state index contributed by atoms with van der Waals surface area (Å²) in [5.41, 5.74) is 2.95. The third kappa shape index (κ3) is 3.57. The molecule has 1 fully saturated rings. The van der Waals surface area contributed by atoms with Gasteiger partial charge in [-0.15, -0.1) is 0 Å². The molecule has 0 bridgehead atoms. The first-order valence-corrected chi connectivity index (χ1v) is 10.2. The molecule has 7 heteroatoms. The van der Waals surface area contributed by atoms with Gasteiger partial charge in [0, 0.05) is 36.2 Å². The molecule has 1 aliphatic heterocycles. The molecule has 5 rings (SSSR count). The number of carbonyl (C=O) groups is 1. The van der Waals surface area contributed by atoms with Gasteiger partial charge in [-0.25, -0.2) is 4.39 Å². The van der Waals surface area contributed by atoms with Crippen LogP contribution in [0.1, 0.15) is 15.9 Å². The zero-order chi connectivity index (χ0) is 21.4. The predicted molar refractivity (Wildman–Crippen MR) is 115 cm³/mol. The number of aromatic nitrogens is 3. The summed E-state index contributed by atoms with van der Waals surface area (Å²) < 4.78 is 14.2. The van der Waals surface area contributed by atoms with Gasteiger partial charge in [-0.3, -0.25) is 14.9 Å². The molecule has 0 spiro atoms. The van der Waals surface area contributed by atoms with Gasteiger partial charge in [-0.05, 0) is 36.2 Å². The summed E-state index contributed by atoms with van der Waals surface area (Å²) in [5, 5.41) is 18.4. The van der Waals surface area contributed by atoms with Crippen LogP contribution in [0, 0.1) is 11.7 Å². The van der Waals surface area contributed by atoms with Crippen LogP contribution in [-0.4, -0.2) is 50.3 Å². The van der Waals surface area contributed by atoms with Crippen LogP contribution in [0.5, 0.6) is 0 Å². The highest BCUT2D eigenvalue weighted by Gasteiger charge is 2.36. The van der Waals surface area contributed by atoms with Crippen molar-refractivity contribution in [3.63, 3.8) is 0 Å². The number of aliphatic hydroxyl groups is 1. The number of benzene rings is 2. The van der Waals surface area contributed by atoms with Gasteiger partial charge in [0.1, 0.15) is 5.82 Å². The molecule has 0 saturated carbocycles. The molecule has 31 heavy (non-hydrogen) atoms. The third-order valence-corrected chi connectivity index (χ3v) is 5.93. The summed E-state index contributed by atoms with van der Waals surface area (Å²) in [6.07, 6.45) is 3.19. The number of aliphatic hydroxyl groups excluding tert-OH is 1. The molecule has 2 atom stereocenters. The summed E-state index contributed by atoms with van der Waals surface area (Å²) >= 11 is 0. The molecule has 2 aromatic heterocycles. The van der Waals surface area contributed by atoms with Crippen LogP contribution in [0.4, 0.5) is 4.39 Å². The van der Waals surface area contributed by atoms with E-state index in [0.29, 0.717) is 29.8 Å². The van der Waals surface area contributed by atoms with E-state index in [2.05, 4.69) is 15.2 Å². The lowest BCUT2D eigenvalue weighted by Crippen LogP contribution is -2.29. The molecule has 3 heterocycles. The Bertz CT molecular complexity index is 1250. The smallest absolute Gasteiger partial charge is 0.257 e. The van der Waals surface area contributed by atoms with Crippen LogP contribution in [0.2, 0.25) is 0 Å². The fourth-order valence-corrected chi connectivity index (χ4v) is 4.32. The molecular weight excluding hydrogens is 395 g/mol. The van der Waals surface area contributed by atoms with Crippen LogP contribution < -0.4 is 0 Å². The van der Waals surface area contributed by atoms with Gasteiger partial charge in [0.05, 0.1) is 29.1 Å². The van der Waals surface area contributed by atoms with E-state index in [0.717, 1.165) is 16.5 Å². The standard InChI is InChI=1S/C24H21FN4O2/c25-20-7-3-1-6-18(20)23-19(12-27-28-23)24(31)29-13-16(22(30)14-29)11-15-9-10-26-21-8-4-2-5-17(15)21/h1-10,12,16,22,30H,11,13-14H2,(H,27,28)/t16-,22+/m1/s1. The minimum absolute atomic E-state index is 0.0985. The van der Waals surface area contributed by atoms with E-state index < -0.39 is 11.9 Å². The van der Waals surface area contributed by atoms with Gasteiger partial charge >= 0.3 is 0 Å². The largest absolute Gasteiger partial charge is 0.391 e.